The smallest absolute Gasteiger partial charge is 0.166 e. The fourth-order valence-electron chi connectivity index (χ4n) is 2.11. The lowest BCUT2D eigenvalue weighted by Gasteiger charge is -2.13. The van der Waals surface area contributed by atoms with Gasteiger partial charge in [-0.25, -0.2) is 9.67 Å². The van der Waals surface area contributed by atoms with Crippen molar-refractivity contribution < 1.29 is 4.79 Å². The summed E-state index contributed by atoms with van der Waals surface area (Å²) in [6, 6.07) is 9.65. The monoisotopic (exact) mass is 257 g/mol. The van der Waals surface area contributed by atoms with E-state index in [0.29, 0.717) is 6.42 Å². The third-order valence-corrected chi connectivity index (χ3v) is 3.13. The Morgan fingerprint density at radius 3 is 2.53 bits per heavy atom. The summed E-state index contributed by atoms with van der Waals surface area (Å²) in [5, 5.41) is 4.20. The number of rotatable bonds is 5. The molecule has 1 aromatic carbocycles. The molecule has 0 saturated carbocycles. The highest BCUT2D eigenvalue weighted by Crippen LogP contribution is 2.15. The van der Waals surface area contributed by atoms with Crippen LogP contribution in [0.1, 0.15) is 43.0 Å². The van der Waals surface area contributed by atoms with Crippen LogP contribution in [0.3, 0.4) is 0 Å². The van der Waals surface area contributed by atoms with E-state index in [0.717, 1.165) is 11.4 Å². The largest absolute Gasteiger partial charge is 0.294 e. The van der Waals surface area contributed by atoms with E-state index in [2.05, 4.69) is 23.9 Å². The standard InChI is InChI=1S/C15H19N3O/c1-11(2)18-14(16-10-17-18)9-12(3)15(19)13-7-5-4-6-8-13/h4-8,10-12H,9H2,1-3H3. The Balaban J connectivity index is 2.11. The lowest BCUT2D eigenvalue weighted by molar-refractivity contribution is 0.0927. The van der Waals surface area contributed by atoms with E-state index in [4.69, 9.17) is 0 Å². The van der Waals surface area contributed by atoms with Crippen LogP contribution in [0.2, 0.25) is 0 Å². The van der Waals surface area contributed by atoms with Crippen LogP contribution in [0.15, 0.2) is 36.7 Å². The average Bonchev–Trinajstić information content (AvgIpc) is 2.87. The van der Waals surface area contributed by atoms with Crippen LogP contribution in [0, 0.1) is 5.92 Å². The van der Waals surface area contributed by atoms with Crippen LogP contribution in [0.5, 0.6) is 0 Å². The number of carbonyl (C=O) groups is 1. The third kappa shape index (κ3) is 3.08. The molecule has 2 aromatic rings. The van der Waals surface area contributed by atoms with Gasteiger partial charge >= 0.3 is 0 Å². The maximum atomic E-state index is 12.3. The molecule has 1 unspecified atom stereocenters. The molecule has 0 aliphatic heterocycles. The fourth-order valence-corrected chi connectivity index (χ4v) is 2.11. The molecule has 1 heterocycles. The third-order valence-electron chi connectivity index (χ3n) is 3.13. The summed E-state index contributed by atoms with van der Waals surface area (Å²) >= 11 is 0. The van der Waals surface area contributed by atoms with Gasteiger partial charge in [-0.3, -0.25) is 4.79 Å². The van der Waals surface area contributed by atoms with E-state index in [1.165, 1.54) is 0 Å². The highest BCUT2D eigenvalue weighted by Gasteiger charge is 2.18. The number of ketones is 1. The lowest BCUT2D eigenvalue weighted by Crippen LogP contribution is -2.18. The molecule has 4 nitrogen and oxygen atoms in total. The van der Waals surface area contributed by atoms with Gasteiger partial charge in [0.1, 0.15) is 12.2 Å². The zero-order valence-electron chi connectivity index (χ0n) is 11.6. The Hall–Kier alpha value is -1.97. The van der Waals surface area contributed by atoms with Crippen molar-refractivity contribution in [3.8, 4) is 0 Å². The maximum Gasteiger partial charge on any atom is 0.166 e. The maximum absolute atomic E-state index is 12.3. The van der Waals surface area contributed by atoms with Crippen molar-refractivity contribution in [1.82, 2.24) is 14.8 Å². The first-order chi connectivity index (χ1) is 9.09. The minimum absolute atomic E-state index is 0.0934. The van der Waals surface area contributed by atoms with Gasteiger partial charge in [-0.05, 0) is 13.8 Å². The van der Waals surface area contributed by atoms with Gasteiger partial charge in [0.15, 0.2) is 5.78 Å². The van der Waals surface area contributed by atoms with Crippen LogP contribution in [-0.2, 0) is 6.42 Å². The highest BCUT2D eigenvalue weighted by atomic mass is 16.1. The molecule has 0 aliphatic rings. The first-order valence-electron chi connectivity index (χ1n) is 6.57. The number of aromatic nitrogens is 3. The Kier molecular flexibility index (Phi) is 4.10. The average molecular weight is 257 g/mol. The number of carbonyl (C=O) groups excluding carboxylic acids is 1. The molecule has 0 saturated heterocycles. The van der Waals surface area contributed by atoms with Crippen molar-refractivity contribution in [2.24, 2.45) is 5.92 Å². The van der Waals surface area contributed by atoms with E-state index < -0.39 is 0 Å². The molecule has 0 radical (unpaired) electrons. The second-order valence-electron chi connectivity index (χ2n) is 5.05. The van der Waals surface area contributed by atoms with E-state index in [1.807, 2.05) is 41.9 Å². The molecule has 0 bridgehead atoms. The number of hydrogen-bond donors (Lipinski definition) is 0. The Bertz CT molecular complexity index is 546. The number of nitrogens with zero attached hydrogens (tertiary/aromatic N) is 3. The van der Waals surface area contributed by atoms with Gasteiger partial charge < -0.3 is 0 Å². The normalized spacial score (nSPS) is 12.6. The topological polar surface area (TPSA) is 47.8 Å². The molecule has 0 N–H and O–H groups in total. The first-order valence-corrected chi connectivity index (χ1v) is 6.57. The van der Waals surface area contributed by atoms with Gasteiger partial charge in [-0.2, -0.15) is 5.10 Å². The van der Waals surface area contributed by atoms with Crippen LogP contribution in [0.25, 0.3) is 0 Å². The van der Waals surface area contributed by atoms with Gasteiger partial charge in [0.25, 0.3) is 0 Å². The van der Waals surface area contributed by atoms with Gasteiger partial charge in [-0.1, -0.05) is 37.3 Å². The fraction of sp³-hybridized carbons (Fsp3) is 0.400. The molecule has 2 rings (SSSR count). The predicted molar refractivity (Wildman–Crippen MR) is 74.0 cm³/mol. The molecule has 0 aliphatic carbocycles. The molecule has 19 heavy (non-hydrogen) atoms. The molecular weight excluding hydrogens is 238 g/mol. The summed E-state index contributed by atoms with van der Waals surface area (Å²) < 4.78 is 1.87. The van der Waals surface area contributed by atoms with Crippen molar-refractivity contribution in [3.05, 3.63) is 48.0 Å². The van der Waals surface area contributed by atoms with Gasteiger partial charge in [-0.15, -0.1) is 0 Å². The molecule has 4 heteroatoms. The Labute approximate surface area is 113 Å². The van der Waals surface area contributed by atoms with E-state index in [-0.39, 0.29) is 17.7 Å². The van der Waals surface area contributed by atoms with Crippen LogP contribution in [0.4, 0.5) is 0 Å². The summed E-state index contributed by atoms with van der Waals surface area (Å²) in [7, 11) is 0. The Morgan fingerprint density at radius 2 is 1.89 bits per heavy atom. The molecule has 0 spiro atoms. The van der Waals surface area contributed by atoms with Crippen molar-refractivity contribution in [1.29, 1.82) is 0 Å². The number of hydrogen-bond acceptors (Lipinski definition) is 3. The van der Waals surface area contributed by atoms with Crippen LogP contribution >= 0.6 is 0 Å². The summed E-state index contributed by atoms with van der Waals surface area (Å²) in [6.45, 7) is 6.05. The van der Waals surface area contributed by atoms with Crippen LogP contribution in [-0.4, -0.2) is 20.5 Å². The van der Waals surface area contributed by atoms with Gasteiger partial charge in [0.2, 0.25) is 0 Å². The SMILES string of the molecule is CC(Cc1ncnn1C(C)C)C(=O)c1ccccc1. The summed E-state index contributed by atoms with van der Waals surface area (Å²) in [5.41, 5.74) is 0.755. The van der Waals surface area contributed by atoms with Crippen molar-refractivity contribution in [3.63, 3.8) is 0 Å². The van der Waals surface area contributed by atoms with Crippen molar-refractivity contribution in [2.45, 2.75) is 33.2 Å². The second kappa shape index (κ2) is 5.78. The molecule has 1 atom stereocenters. The van der Waals surface area contributed by atoms with E-state index >= 15 is 0 Å². The number of Topliss-reactive ketones (excluding diaryl/α,β-unsaturated/α-hetero) is 1. The number of benzene rings is 1. The zero-order valence-corrected chi connectivity index (χ0v) is 11.6. The molecule has 1 aromatic heterocycles. The molecule has 100 valence electrons. The van der Waals surface area contributed by atoms with E-state index in [1.54, 1.807) is 6.33 Å². The summed E-state index contributed by atoms with van der Waals surface area (Å²) in [4.78, 5) is 16.5. The minimum atomic E-state index is -0.0934. The molecule has 0 amide bonds. The first kappa shape index (κ1) is 13.5. The minimum Gasteiger partial charge on any atom is -0.294 e. The lowest BCUT2D eigenvalue weighted by atomic mass is 9.96. The highest BCUT2D eigenvalue weighted by molar-refractivity contribution is 5.97. The molecule has 0 fully saturated rings. The van der Waals surface area contributed by atoms with Gasteiger partial charge in [0, 0.05) is 23.9 Å². The van der Waals surface area contributed by atoms with Crippen molar-refractivity contribution >= 4 is 5.78 Å². The summed E-state index contributed by atoms with van der Waals surface area (Å²) in [6.07, 6.45) is 2.17. The molecular formula is C15H19N3O. The summed E-state index contributed by atoms with van der Waals surface area (Å²) in [5.74, 6) is 0.926. The van der Waals surface area contributed by atoms with E-state index in [9.17, 15) is 4.79 Å². The van der Waals surface area contributed by atoms with Crippen molar-refractivity contribution in [2.75, 3.05) is 0 Å². The van der Waals surface area contributed by atoms with Crippen LogP contribution < -0.4 is 0 Å². The quantitative estimate of drug-likeness (QED) is 0.774. The zero-order chi connectivity index (χ0) is 13.8. The second-order valence-corrected chi connectivity index (χ2v) is 5.05. The Morgan fingerprint density at radius 1 is 1.21 bits per heavy atom. The van der Waals surface area contributed by atoms with Gasteiger partial charge in [0.05, 0.1) is 0 Å². The predicted octanol–water partition coefficient (Wildman–Crippen LogP) is 2.92.